The van der Waals surface area contributed by atoms with Gasteiger partial charge in [-0.3, -0.25) is 4.79 Å². The van der Waals surface area contributed by atoms with Gasteiger partial charge in [-0.25, -0.2) is 4.79 Å². The summed E-state index contributed by atoms with van der Waals surface area (Å²) in [6, 6.07) is 15.7. The minimum Gasteiger partial charge on any atom is -0.497 e. The maximum Gasteiger partial charge on any atom is 0.416 e. The van der Waals surface area contributed by atoms with Gasteiger partial charge in [-0.2, -0.15) is 13.2 Å². The molecule has 2 heterocycles. The fraction of sp³-hybridized carbons (Fsp3) is 0.371. The molecule has 3 aromatic carbocycles. The van der Waals surface area contributed by atoms with Crippen LogP contribution in [0.1, 0.15) is 72.0 Å². The van der Waals surface area contributed by atoms with Gasteiger partial charge in [-0.15, -0.1) is 0 Å². The Labute approximate surface area is 258 Å². The molecular weight excluding hydrogens is 585 g/mol. The summed E-state index contributed by atoms with van der Waals surface area (Å²) in [4.78, 5) is 26.0. The number of rotatable bonds is 7. The Balaban J connectivity index is 1.40. The van der Waals surface area contributed by atoms with Gasteiger partial charge in [0.15, 0.2) is 0 Å². The molecular formula is C35H35F3N2O5. The highest BCUT2D eigenvalue weighted by Crippen LogP contribution is 2.47. The lowest BCUT2D eigenvalue weighted by Gasteiger charge is -2.27. The summed E-state index contributed by atoms with van der Waals surface area (Å²) >= 11 is 0. The van der Waals surface area contributed by atoms with Gasteiger partial charge in [0, 0.05) is 34.5 Å². The molecule has 1 aliphatic heterocycles. The molecule has 1 fully saturated rings. The number of halogens is 3. The van der Waals surface area contributed by atoms with Gasteiger partial charge >= 0.3 is 12.1 Å². The molecule has 0 saturated heterocycles. The summed E-state index contributed by atoms with van der Waals surface area (Å²) in [7, 11) is 1.62. The molecule has 1 aliphatic carbocycles. The summed E-state index contributed by atoms with van der Waals surface area (Å²) in [6.07, 6.45) is 0.711. The van der Waals surface area contributed by atoms with Crippen LogP contribution in [-0.2, 0) is 23.9 Å². The summed E-state index contributed by atoms with van der Waals surface area (Å²) in [5.74, 6) is -0.206. The predicted molar refractivity (Wildman–Crippen MR) is 164 cm³/mol. The standard InChI is InChI=1S/C35H35F3N2O5/c1-34(33(42)43,20-21-7-6-10-24(17-21)35(36,37)38)39-32(41)23-11-13-26-28(18-23)40-15-16-45-29-19-25(44-2)12-14-27(29)31(40)30(26)22-8-4-3-5-9-22/h6-7,10-14,17-19,22H,3-5,8-9,15-16,20H2,1-2H3,(H,39,41)(H,42,43)/t34-/m0/s1. The van der Waals surface area contributed by atoms with Gasteiger partial charge in [-0.05, 0) is 67.1 Å². The van der Waals surface area contributed by atoms with E-state index < -0.39 is 29.2 Å². The molecule has 236 valence electrons. The van der Waals surface area contributed by atoms with Crippen molar-refractivity contribution in [3.63, 3.8) is 0 Å². The van der Waals surface area contributed by atoms with E-state index in [1.54, 1.807) is 19.2 Å². The highest BCUT2D eigenvalue weighted by molar-refractivity contribution is 6.03. The first kappa shape index (κ1) is 30.6. The van der Waals surface area contributed by atoms with Crippen molar-refractivity contribution in [1.82, 2.24) is 9.88 Å². The van der Waals surface area contributed by atoms with Gasteiger partial charge in [0.05, 0.1) is 24.9 Å². The van der Waals surface area contributed by atoms with Crippen molar-refractivity contribution in [3.05, 3.63) is 82.9 Å². The summed E-state index contributed by atoms with van der Waals surface area (Å²) in [6.45, 7) is 2.26. The van der Waals surface area contributed by atoms with E-state index in [1.807, 2.05) is 24.3 Å². The number of hydrogen-bond donors (Lipinski definition) is 2. The number of fused-ring (bicyclic) bond motifs is 5. The van der Waals surface area contributed by atoms with E-state index >= 15 is 0 Å². The van der Waals surface area contributed by atoms with Crippen LogP contribution in [0.3, 0.4) is 0 Å². The van der Waals surface area contributed by atoms with Crippen molar-refractivity contribution in [2.24, 2.45) is 0 Å². The quantitative estimate of drug-likeness (QED) is 0.222. The number of aliphatic carboxylic acids is 1. The zero-order valence-electron chi connectivity index (χ0n) is 25.2. The molecule has 0 unspecified atom stereocenters. The molecule has 1 aromatic heterocycles. The van der Waals surface area contributed by atoms with E-state index in [1.165, 1.54) is 31.0 Å². The molecule has 7 nitrogen and oxygen atoms in total. The Morgan fingerprint density at radius 3 is 2.53 bits per heavy atom. The fourth-order valence-corrected chi connectivity index (χ4v) is 6.80. The van der Waals surface area contributed by atoms with Gasteiger partial charge < -0.3 is 24.5 Å². The van der Waals surface area contributed by atoms with Crippen molar-refractivity contribution in [1.29, 1.82) is 0 Å². The average molecular weight is 621 g/mol. The lowest BCUT2D eigenvalue weighted by Crippen LogP contribution is -2.53. The van der Waals surface area contributed by atoms with Crippen LogP contribution < -0.4 is 14.8 Å². The van der Waals surface area contributed by atoms with Gasteiger partial charge in [-0.1, -0.05) is 43.5 Å². The van der Waals surface area contributed by atoms with Crippen LogP contribution in [0.5, 0.6) is 11.5 Å². The van der Waals surface area contributed by atoms with Crippen LogP contribution in [0, 0.1) is 0 Å². The topological polar surface area (TPSA) is 89.8 Å². The number of carbonyl (C=O) groups excluding carboxylic acids is 1. The van der Waals surface area contributed by atoms with Gasteiger partial charge in [0.1, 0.15) is 23.6 Å². The highest BCUT2D eigenvalue weighted by Gasteiger charge is 2.37. The number of hydrogen-bond acceptors (Lipinski definition) is 4. The van der Waals surface area contributed by atoms with E-state index in [4.69, 9.17) is 9.47 Å². The molecule has 2 N–H and O–H groups in total. The number of alkyl halides is 3. The molecule has 1 amide bonds. The SMILES string of the molecule is COc1ccc2c(c1)OCCn1c-2c(C2CCCCC2)c2ccc(C(=O)N[C@@](C)(Cc3cccc(C(F)(F)F)c3)C(=O)O)cc21. The summed E-state index contributed by atoms with van der Waals surface area (Å²) in [5.41, 5.74) is 1.76. The Hall–Kier alpha value is -4.47. The van der Waals surface area contributed by atoms with E-state index in [-0.39, 0.29) is 17.5 Å². The number of ether oxygens (including phenoxy) is 2. The van der Waals surface area contributed by atoms with Gasteiger partial charge in [0.25, 0.3) is 5.91 Å². The third kappa shape index (κ3) is 5.85. The first-order valence-electron chi connectivity index (χ1n) is 15.2. The van der Waals surface area contributed by atoms with Crippen molar-refractivity contribution in [3.8, 4) is 22.8 Å². The molecule has 10 heteroatoms. The average Bonchev–Trinajstić information content (AvgIpc) is 3.22. The number of aromatic nitrogens is 1. The lowest BCUT2D eigenvalue weighted by atomic mass is 9.81. The minimum atomic E-state index is -4.57. The van der Waals surface area contributed by atoms with Crippen LogP contribution in [-0.4, -0.2) is 40.8 Å². The van der Waals surface area contributed by atoms with Crippen LogP contribution in [0.25, 0.3) is 22.2 Å². The highest BCUT2D eigenvalue weighted by atomic mass is 19.4. The molecule has 45 heavy (non-hydrogen) atoms. The number of carboxylic acid groups (broad SMARTS) is 1. The molecule has 0 spiro atoms. The largest absolute Gasteiger partial charge is 0.497 e. The minimum absolute atomic E-state index is 0.148. The number of methoxy groups -OCH3 is 1. The Kier molecular flexibility index (Phi) is 8.01. The maximum atomic E-state index is 13.6. The first-order chi connectivity index (χ1) is 21.5. The smallest absolute Gasteiger partial charge is 0.416 e. The molecule has 6 rings (SSSR count). The third-order valence-corrected chi connectivity index (χ3v) is 9.07. The Morgan fingerprint density at radius 1 is 1.04 bits per heavy atom. The van der Waals surface area contributed by atoms with E-state index in [2.05, 4.69) is 9.88 Å². The van der Waals surface area contributed by atoms with Crippen LogP contribution in [0.2, 0.25) is 0 Å². The number of nitrogens with zero attached hydrogens (tertiary/aromatic N) is 1. The van der Waals surface area contributed by atoms with Crippen LogP contribution in [0.15, 0.2) is 60.7 Å². The predicted octanol–water partition coefficient (Wildman–Crippen LogP) is 7.59. The third-order valence-electron chi connectivity index (χ3n) is 9.07. The lowest BCUT2D eigenvalue weighted by molar-refractivity contribution is -0.143. The Morgan fingerprint density at radius 2 is 1.82 bits per heavy atom. The van der Waals surface area contributed by atoms with Crippen molar-refractivity contribution in [2.75, 3.05) is 13.7 Å². The normalized spacial score (nSPS) is 16.6. The number of amides is 1. The van der Waals surface area contributed by atoms with Gasteiger partial charge in [0.2, 0.25) is 0 Å². The monoisotopic (exact) mass is 620 g/mol. The number of nitrogens with one attached hydrogen (secondary N) is 1. The number of carbonyl (C=O) groups is 2. The van der Waals surface area contributed by atoms with E-state index in [9.17, 15) is 27.9 Å². The summed E-state index contributed by atoms with van der Waals surface area (Å²) in [5, 5.41) is 13.7. The van der Waals surface area contributed by atoms with Crippen molar-refractivity contribution in [2.45, 2.75) is 69.6 Å². The van der Waals surface area contributed by atoms with E-state index in [0.29, 0.717) is 24.8 Å². The molecule has 4 aromatic rings. The number of carboxylic acids is 1. The molecule has 0 radical (unpaired) electrons. The fourth-order valence-electron chi connectivity index (χ4n) is 6.80. The first-order valence-corrected chi connectivity index (χ1v) is 15.2. The van der Waals surface area contributed by atoms with Crippen LogP contribution >= 0.6 is 0 Å². The zero-order valence-corrected chi connectivity index (χ0v) is 25.2. The Bertz CT molecular complexity index is 1770. The molecule has 0 bridgehead atoms. The van der Waals surface area contributed by atoms with Crippen molar-refractivity contribution < 1.29 is 37.3 Å². The summed E-state index contributed by atoms with van der Waals surface area (Å²) < 4.78 is 53.7. The van der Waals surface area contributed by atoms with Crippen LogP contribution in [0.4, 0.5) is 13.2 Å². The molecule has 1 saturated carbocycles. The number of benzene rings is 3. The second-order valence-electron chi connectivity index (χ2n) is 12.2. The zero-order chi connectivity index (χ0) is 31.9. The second-order valence-corrected chi connectivity index (χ2v) is 12.2. The van der Waals surface area contributed by atoms with E-state index in [0.717, 1.165) is 65.7 Å². The molecule has 1 atom stereocenters. The molecule has 2 aliphatic rings. The second kappa shape index (κ2) is 11.8. The van der Waals surface area contributed by atoms with Crippen molar-refractivity contribution >= 4 is 22.8 Å². The maximum absolute atomic E-state index is 13.6.